The molecule has 0 unspecified atom stereocenters. The average Bonchev–Trinajstić information content (AvgIpc) is 3.13. The lowest BCUT2D eigenvalue weighted by Crippen LogP contribution is -2.36. The van der Waals surface area contributed by atoms with Crippen molar-refractivity contribution >= 4 is 5.95 Å². The summed E-state index contributed by atoms with van der Waals surface area (Å²) in [5.74, 6) is 2.37. The molecule has 0 amide bonds. The van der Waals surface area contributed by atoms with Crippen molar-refractivity contribution in [3.63, 3.8) is 0 Å². The zero-order valence-corrected chi connectivity index (χ0v) is 15.2. The summed E-state index contributed by atoms with van der Waals surface area (Å²) in [6, 6.07) is 6.00. The van der Waals surface area contributed by atoms with E-state index in [0.29, 0.717) is 31.0 Å². The van der Waals surface area contributed by atoms with Crippen molar-refractivity contribution in [3.8, 4) is 17.2 Å². The molecule has 1 aliphatic heterocycles. The maximum Gasteiger partial charge on any atom is 0.266 e. The van der Waals surface area contributed by atoms with Gasteiger partial charge in [-0.05, 0) is 28.8 Å². The van der Waals surface area contributed by atoms with Crippen LogP contribution >= 0.6 is 0 Å². The molecule has 132 valence electrons. The molecule has 3 rings (SSSR count). The molecule has 2 heterocycles. The number of morpholine rings is 1. The Morgan fingerprint density at radius 2 is 1.88 bits per heavy atom. The van der Waals surface area contributed by atoms with Crippen LogP contribution in [-0.4, -0.2) is 43.6 Å². The first kappa shape index (κ1) is 18.3. The second-order valence-electron chi connectivity index (χ2n) is 5.61. The molecule has 6 heteroatoms. The molecule has 1 aliphatic rings. The first-order chi connectivity index (χ1) is 11.7. The van der Waals surface area contributed by atoms with Crippen LogP contribution in [0.25, 0.3) is 11.5 Å². The van der Waals surface area contributed by atoms with Gasteiger partial charge < -0.3 is 18.9 Å². The smallest absolute Gasteiger partial charge is 0.266 e. The number of hydrogen-bond acceptors (Lipinski definition) is 6. The summed E-state index contributed by atoms with van der Waals surface area (Å²) >= 11 is 0. The van der Waals surface area contributed by atoms with Crippen molar-refractivity contribution in [1.82, 2.24) is 10.1 Å². The van der Waals surface area contributed by atoms with Crippen LogP contribution in [0, 0.1) is 0 Å². The van der Waals surface area contributed by atoms with Crippen LogP contribution in [0.5, 0.6) is 5.75 Å². The largest absolute Gasteiger partial charge is 0.496 e. The summed E-state index contributed by atoms with van der Waals surface area (Å²) in [6.45, 7) is 11.2. The lowest BCUT2D eigenvalue weighted by molar-refractivity contribution is 0.121. The Labute approximate surface area is 143 Å². The molecule has 24 heavy (non-hydrogen) atoms. The van der Waals surface area contributed by atoms with Crippen molar-refractivity contribution in [2.24, 2.45) is 0 Å². The highest BCUT2D eigenvalue weighted by molar-refractivity contribution is 5.59. The first-order valence-corrected chi connectivity index (χ1v) is 8.53. The summed E-state index contributed by atoms with van der Waals surface area (Å²) < 4.78 is 16.2. The van der Waals surface area contributed by atoms with E-state index in [-0.39, 0.29) is 0 Å². The fraction of sp³-hybridized carbons (Fsp3) is 0.556. The van der Waals surface area contributed by atoms with Crippen molar-refractivity contribution in [2.45, 2.75) is 33.6 Å². The number of anilines is 1. The Balaban J connectivity index is 0.00000100. The molecule has 6 nitrogen and oxygen atoms in total. The van der Waals surface area contributed by atoms with Gasteiger partial charge in [-0.1, -0.05) is 33.8 Å². The molecular weight excluding hydrogens is 306 g/mol. The first-order valence-electron chi connectivity index (χ1n) is 8.53. The molecule has 1 fully saturated rings. The molecule has 1 saturated heterocycles. The molecule has 1 aromatic carbocycles. The van der Waals surface area contributed by atoms with Crippen LogP contribution in [-0.2, 0) is 4.74 Å². The van der Waals surface area contributed by atoms with E-state index < -0.39 is 0 Å². The van der Waals surface area contributed by atoms with Gasteiger partial charge in [0.25, 0.3) is 11.8 Å². The third-order valence-corrected chi connectivity index (χ3v) is 3.81. The van der Waals surface area contributed by atoms with Crippen molar-refractivity contribution < 1.29 is 14.0 Å². The van der Waals surface area contributed by atoms with Gasteiger partial charge in [0, 0.05) is 18.7 Å². The summed E-state index contributed by atoms with van der Waals surface area (Å²) in [6.07, 6.45) is 0. The van der Waals surface area contributed by atoms with E-state index in [1.807, 2.05) is 26.0 Å². The quantitative estimate of drug-likeness (QED) is 0.849. The lowest BCUT2D eigenvalue weighted by Gasteiger charge is -2.24. The topological polar surface area (TPSA) is 60.6 Å². The predicted octanol–water partition coefficient (Wildman–Crippen LogP) is 3.73. The zero-order valence-electron chi connectivity index (χ0n) is 15.2. The Hall–Kier alpha value is -2.08. The molecule has 1 aromatic heterocycles. The minimum atomic E-state index is 0.399. The van der Waals surface area contributed by atoms with Gasteiger partial charge >= 0.3 is 0 Å². The highest BCUT2D eigenvalue weighted by atomic mass is 16.5. The van der Waals surface area contributed by atoms with E-state index in [1.165, 1.54) is 5.56 Å². The number of hydrogen-bond donors (Lipinski definition) is 0. The molecule has 2 aromatic rings. The van der Waals surface area contributed by atoms with E-state index >= 15 is 0 Å². The molecule has 0 radical (unpaired) electrons. The van der Waals surface area contributed by atoms with Gasteiger partial charge in [-0.2, -0.15) is 4.98 Å². The van der Waals surface area contributed by atoms with Gasteiger partial charge in [-0.3, -0.25) is 0 Å². The van der Waals surface area contributed by atoms with Crippen molar-refractivity contribution in [2.75, 3.05) is 38.3 Å². The molecule has 0 spiro atoms. The average molecular weight is 333 g/mol. The second kappa shape index (κ2) is 8.68. The predicted molar refractivity (Wildman–Crippen MR) is 94.8 cm³/mol. The Kier molecular flexibility index (Phi) is 6.61. The molecular formula is C18H27N3O3. The van der Waals surface area contributed by atoms with E-state index in [4.69, 9.17) is 14.0 Å². The van der Waals surface area contributed by atoms with Gasteiger partial charge in [-0.25, -0.2) is 0 Å². The normalized spacial score (nSPS) is 14.3. The standard InChI is InChI=1S/C16H21N3O3.C2H6/c1-11(2)13-5-4-12(10-14(13)20-3)15-17-16(18-22-15)19-6-8-21-9-7-19;1-2/h4-5,10-11H,6-9H2,1-3H3;1-2H3. The van der Waals surface area contributed by atoms with Gasteiger partial charge in [0.05, 0.1) is 20.3 Å². The number of aromatic nitrogens is 2. The Bertz CT molecular complexity index is 634. The third kappa shape index (κ3) is 4.06. The van der Waals surface area contributed by atoms with Gasteiger partial charge in [0.15, 0.2) is 0 Å². The molecule has 0 N–H and O–H groups in total. The van der Waals surface area contributed by atoms with Gasteiger partial charge in [-0.15, -0.1) is 0 Å². The van der Waals surface area contributed by atoms with E-state index in [1.54, 1.807) is 7.11 Å². The van der Waals surface area contributed by atoms with Gasteiger partial charge in [0.1, 0.15) is 5.75 Å². The molecule has 0 aliphatic carbocycles. The van der Waals surface area contributed by atoms with Crippen LogP contribution in [0.4, 0.5) is 5.95 Å². The summed E-state index contributed by atoms with van der Waals surface area (Å²) in [4.78, 5) is 6.56. The number of ether oxygens (including phenoxy) is 2. The number of rotatable bonds is 4. The van der Waals surface area contributed by atoms with E-state index in [0.717, 1.165) is 24.4 Å². The van der Waals surface area contributed by atoms with Crippen LogP contribution in [0.2, 0.25) is 0 Å². The summed E-state index contributed by atoms with van der Waals surface area (Å²) in [5, 5.41) is 4.07. The van der Waals surface area contributed by atoms with Crippen LogP contribution < -0.4 is 9.64 Å². The van der Waals surface area contributed by atoms with E-state index in [9.17, 15) is 0 Å². The summed E-state index contributed by atoms with van der Waals surface area (Å²) in [7, 11) is 1.68. The second-order valence-corrected chi connectivity index (χ2v) is 5.61. The Morgan fingerprint density at radius 1 is 1.17 bits per heavy atom. The fourth-order valence-corrected chi connectivity index (χ4v) is 2.55. The molecule has 0 atom stereocenters. The van der Waals surface area contributed by atoms with Gasteiger partial charge in [0.2, 0.25) is 0 Å². The SMILES string of the molecule is CC.COc1cc(-c2nc(N3CCOCC3)no2)ccc1C(C)C. The zero-order chi connectivity index (χ0) is 17.5. The lowest BCUT2D eigenvalue weighted by atomic mass is 10.0. The van der Waals surface area contributed by atoms with E-state index in [2.05, 4.69) is 35.0 Å². The highest BCUT2D eigenvalue weighted by Crippen LogP contribution is 2.31. The minimum Gasteiger partial charge on any atom is -0.496 e. The van der Waals surface area contributed by atoms with Crippen LogP contribution in [0.15, 0.2) is 22.7 Å². The van der Waals surface area contributed by atoms with Crippen molar-refractivity contribution in [1.29, 1.82) is 0 Å². The highest BCUT2D eigenvalue weighted by Gasteiger charge is 2.18. The van der Waals surface area contributed by atoms with Crippen LogP contribution in [0.1, 0.15) is 39.2 Å². The number of methoxy groups -OCH3 is 1. The number of nitrogens with zero attached hydrogens (tertiary/aromatic N) is 3. The minimum absolute atomic E-state index is 0.399. The molecule has 0 saturated carbocycles. The summed E-state index contributed by atoms with van der Waals surface area (Å²) in [5.41, 5.74) is 2.03. The maximum absolute atomic E-state index is 5.48. The Morgan fingerprint density at radius 3 is 2.50 bits per heavy atom. The van der Waals surface area contributed by atoms with Crippen molar-refractivity contribution in [3.05, 3.63) is 23.8 Å². The molecule has 0 bridgehead atoms. The third-order valence-electron chi connectivity index (χ3n) is 3.81. The van der Waals surface area contributed by atoms with Crippen LogP contribution in [0.3, 0.4) is 0 Å². The maximum atomic E-state index is 5.48. The number of benzene rings is 1. The fourth-order valence-electron chi connectivity index (χ4n) is 2.55. The monoisotopic (exact) mass is 333 g/mol.